The van der Waals surface area contributed by atoms with Crippen molar-refractivity contribution in [2.45, 2.75) is 52.0 Å². The smallest absolute Gasteiger partial charge is 0.331 e. The number of carbonyl (C=O) groups excluding carboxylic acids is 2. The van der Waals surface area contributed by atoms with E-state index in [2.05, 4.69) is 12.2 Å². The second-order valence-corrected chi connectivity index (χ2v) is 6.41. The number of benzene rings is 1. The van der Waals surface area contributed by atoms with Gasteiger partial charge < -0.3 is 15.0 Å². The van der Waals surface area contributed by atoms with E-state index in [0.29, 0.717) is 5.69 Å². The molecule has 1 aromatic carbocycles. The Bertz CT molecular complexity index is 677. The third-order valence-electron chi connectivity index (χ3n) is 4.39. The van der Waals surface area contributed by atoms with Crippen LogP contribution in [0.25, 0.3) is 0 Å². The number of esters is 1. The molecule has 0 aliphatic carbocycles. The summed E-state index contributed by atoms with van der Waals surface area (Å²) in [6.45, 7) is 4.11. The van der Waals surface area contributed by atoms with Crippen LogP contribution in [0, 0.1) is 10.1 Å². The average Bonchev–Trinajstić information content (AvgIpc) is 2.60. The van der Waals surface area contributed by atoms with Crippen LogP contribution in [-0.2, 0) is 9.59 Å². The molecule has 0 saturated heterocycles. The number of non-ortho nitro benzene ring substituents is 1. The standard InChI is InChI=1S/C18H25N3O5/c1-3-5-6-7-13(4-2)19-17(22)11-20-12-18(23)26-16-10-14(21(24)25)8-9-15(16)20/h8-10,13H,3-7,11-12H2,1-2H3,(H,19,22). The van der Waals surface area contributed by atoms with Gasteiger partial charge in [0.25, 0.3) is 5.69 Å². The van der Waals surface area contributed by atoms with Crippen molar-refractivity contribution in [3.05, 3.63) is 28.3 Å². The number of amides is 1. The lowest BCUT2D eigenvalue weighted by atomic mass is 10.1. The monoisotopic (exact) mass is 363 g/mol. The van der Waals surface area contributed by atoms with Gasteiger partial charge in [-0.1, -0.05) is 33.1 Å². The average molecular weight is 363 g/mol. The van der Waals surface area contributed by atoms with E-state index in [0.717, 1.165) is 32.1 Å². The van der Waals surface area contributed by atoms with Crippen molar-refractivity contribution < 1.29 is 19.2 Å². The minimum absolute atomic E-state index is 0.00416. The number of nitrogens with one attached hydrogen (secondary N) is 1. The van der Waals surface area contributed by atoms with Crippen molar-refractivity contribution in [1.82, 2.24) is 5.32 Å². The van der Waals surface area contributed by atoms with Gasteiger partial charge in [0.2, 0.25) is 5.91 Å². The molecule has 0 spiro atoms. The number of hydrogen-bond donors (Lipinski definition) is 1. The first-order chi connectivity index (χ1) is 12.4. The number of anilines is 1. The van der Waals surface area contributed by atoms with Crippen LogP contribution in [0.15, 0.2) is 18.2 Å². The minimum atomic E-state index is -0.554. The highest BCUT2D eigenvalue weighted by atomic mass is 16.6. The first kappa shape index (κ1) is 19.7. The van der Waals surface area contributed by atoms with Gasteiger partial charge in [-0.05, 0) is 18.9 Å². The van der Waals surface area contributed by atoms with Gasteiger partial charge in [0, 0.05) is 12.1 Å². The Morgan fingerprint density at radius 2 is 2.15 bits per heavy atom. The maximum atomic E-state index is 12.4. The molecule has 1 aromatic rings. The van der Waals surface area contributed by atoms with Crippen LogP contribution < -0.4 is 15.0 Å². The van der Waals surface area contributed by atoms with Gasteiger partial charge in [0.1, 0.15) is 6.54 Å². The third-order valence-corrected chi connectivity index (χ3v) is 4.39. The Balaban J connectivity index is 2.04. The zero-order valence-corrected chi connectivity index (χ0v) is 15.2. The SMILES string of the molecule is CCCCCC(CC)NC(=O)CN1CC(=O)Oc2cc([N+](=O)[O-])ccc21. The quantitative estimate of drug-likeness (QED) is 0.238. The molecule has 2 rings (SSSR count). The molecule has 0 aromatic heterocycles. The lowest BCUT2D eigenvalue weighted by Gasteiger charge is -2.29. The maximum absolute atomic E-state index is 12.4. The van der Waals surface area contributed by atoms with Crippen molar-refractivity contribution in [1.29, 1.82) is 0 Å². The summed E-state index contributed by atoms with van der Waals surface area (Å²) in [7, 11) is 0. The second kappa shape index (κ2) is 9.17. The van der Waals surface area contributed by atoms with E-state index in [9.17, 15) is 19.7 Å². The van der Waals surface area contributed by atoms with E-state index in [4.69, 9.17) is 4.74 Å². The molecule has 26 heavy (non-hydrogen) atoms. The van der Waals surface area contributed by atoms with Gasteiger partial charge in [-0.3, -0.25) is 14.9 Å². The minimum Gasteiger partial charge on any atom is -0.423 e. The fourth-order valence-electron chi connectivity index (χ4n) is 2.96. The van der Waals surface area contributed by atoms with Gasteiger partial charge in [-0.25, -0.2) is 4.79 Å². The van der Waals surface area contributed by atoms with E-state index >= 15 is 0 Å². The summed E-state index contributed by atoms with van der Waals surface area (Å²) < 4.78 is 5.09. The number of fused-ring (bicyclic) bond motifs is 1. The summed E-state index contributed by atoms with van der Waals surface area (Å²) in [4.78, 5) is 36.1. The highest BCUT2D eigenvalue weighted by Gasteiger charge is 2.27. The van der Waals surface area contributed by atoms with Crippen LogP contribution in [0.1, 0.15) is 46.0 Å². The van der Waals surface area contributed by atoms with Gasteiger partial charge in [-0.2, -0.15) is 0 Å². The molecule has 0 bridgehead atoms. The lowest BCUT2D eigenvalue weighted by Crippen LogP contribution is -2.45. The number of nitro groups is 1. The molecule has 0 saturated carbocycles. The number of rotatable bonds is 9. The number of ether oxygens (including phenoxy) is 1. The number of nitrogens with zero attached hydrogens (tertiary/aromatic N) is 2. The van der Waals surface area contributed by atoms with Crippen molar-refractivity contribution in [2.75, 3.05) is 18.0 Å². The number of nitro benzene ring substituents is 1. The molecule has 0 fully saturated rings. The molecule has 8 heteroatoms. The fourth-order valence-corrected chi connectivity index (χ4v) is 2.96. The normalized spacial score (nSPS) is 14.4. The van der Waals surface area contributed by atoms with Crippen molar-refractivity contribution >= 4 is 23.3 Å². The number of unbranched alkanes of at least 4 members (excludes halogenated alkanes) is 2. The molecule has 8 nitrogen and oxygen atoms in total. The van der Waals surface area contributed by atoms with Crippen molar-refractivity contribution in [2.24, 2.45) is 0 Å². The summed E-state index contributed by atoms with van der Waals surface area (Å²) in [5.74, 6) is -0.605. The molecular weight excluding hydrogens is 338 g/mol. The van der Waals surface area contributed by atoms with Crippen LogP contribution in [0.2, 0.25) is 0 Å². The lowest BCUT2D eigenvalue weighted by molar-refractivity contribution is -0.384. The first-order valence-electron chi connectivity index (χ1n) is 8.98. The molecule has 1 heterocycles. The van der Waals surface area contributed by atoms with Gasteiger partial charge in [0.15, 0.2) is 5.75 Å². The molecule has 1 amide bonds. The van der Waals surface area contributed by atoms with Crippen LogP contribution in [0.4, 0.5) is 11.4 Å². The highest BCUT2D eigenvalue weighted by Crippen LogP contribution is 2.34. The molecule has 1 unspecified atom stereocenters. The number of carbonyl (C=O) groups is 2. The number of hydrogen-bond acceptors (Lipinski definition) is 6. The molecule has 0 radical (unpaired) electrons. The van der Waals surface area contributed by atoms with Gasteiger partial charge in [0.05, 0.1) is 23.2 Å². The van der Waals surface area contributed by atoms with Crippen LogP contribution in [0.3, 0.4) is 0 Å². The van der Waals surface area contributed by atoms with E-state index in [-0.39, 0.29) is 36.5 Å². The molecule has 1 atom stereocenters. The fraction of sp³-hybridized carbons (Fsp3) is 0.556. The topological polar surface area (TPSA) is 102 Å². The second-order valence-electron chi connectivity index (χ2n) is 6.41. The Hall–Kier alpha value is -2.64. The highest BCUT2D eigenvalue weighted by molar-refractivity contribution is 5.89. The van der Waals surface area contributed by atoms with Crippen molar-refractivity contribution in [3.63, 3.8) is 0 Å². The summed E-state index contributed by atoms with van der Waals surface area (Å²) in [6, 6.07) is 4.16. The first-order valence-corrected chi connectivity index (χ1v) is 8.98. The van der Waals surface area contributed by atoms with Crippen LogP contribution in [-0.4, -0.2) is 35.9 Å². The third kappa shape index (κ3) is 5.18. The predicted molar refractivity (Wildman–Crippen MR) is 97.3 cm³/mol. The van der Waals surface area contributed by atoms with E-state index < -0.39 is 10.9 Å². The molecule has 142 valence electrons. The van der Waals surface area contributed by atoms with Gasteiger partial charge >= 0.3 is 5.97 Å². The molecule has 1 aliphatic rings. The summed E-state index contributed by atoms with van der Waals surface area (Å²) >= 11 is 0. The van der Waals surface area contributed by atoms with Crippen molar-refractivity contribution in [3.8, 4) is 5.75 Å². The summed E-state index contributed by atoms with van der Waals surface area (Å²) in [5.41, 5.74) is 0.342. The van der Waals surface area contributed by atoms with E-state index in [1.54, 1.807) is 4.90 Å². The molecular formula is C18H25N3O5. The Kier molecular flexibility index (Phi) is 6.94. The predicted octanol–water partition coefficient (Wildman–Crippen LogP) is 2.80. The van der Waals surface area contributed by atoms with Crippen LogP contribution in [0.5, 0.6) is 5.75 Å². The summed E-state index contributed by atoms with van der Waals surface area (Å²) in [5, 5.41) is 13.9. The van der Waals surface area contributed by atoms with Crippen LogP contribution >= 0.6 is 0 Å². The zero-order valence-electron chi connectivity index (χ0n) is 15.2. The summed E-state index contributed by atoms with van der Waals surface area (Å²) in [6.07, 6.45) is 5.11. The van der Waals surface area contributed by atoms with Gasteiger partial charge in [-0.15, -0.1) is 0 Å². The Morgan fingerprint density at radius 1 is 1.38 bits per heavy atom. The maximum Gasteiger partial charge on any atom is 0.331 e. The molecule has 1 N–H and O–H groups in total. The Labute approximate surface area is 152 Å². The van der Waals surface area contributed by atoms with E-state index in [1.807, 2.05) is 6.92 Å². The molecule has 1 aliphatic heterocycles. The zero-order chi connectivity index (χ0) is 19.1. The van der Waals surface area contributed by atoms with E-state index in [1.165, 1.54) is 18.2 Å². The largest absolute Gasteiger partial charge is 0.423 e. The Morgan fingerprint density at radius 3 is 2.81 bits per heavy atom.